The molecule has 0 amide bonds. The number of nitrogens with zero attached hydrogens (tertiary/aromatic N) is 2. The van der Waals surface area contributed by atoms with E-state index in [9.17, 15) is 0 Å². The molecule has 1 heterocycles. The summed E-state index contributed by atoms with van der Waals surface area (Å²) in [6, 6.07) is 2.33. The van der Waals surface area contributed by atoms with Crippen LogP contribution in [0, 0.1) is 16.7 Å². The van der Waals surface area contributed by atoms with Crippen molar-refractivity contribution in [1.82, 2.24) is 4.90 Å². The van der Waals surface area contributed by atoms with Gasteiger partial charge in [-0.15, -0.1) is 0 Å². The highest BCUT2D eigenvalue weighted by Crippen LogP contribution is 2.49. The minimum Gasteiger partial charge on any atom is -0.377 e. The summed E-state index contributed by atoms with van der Waals surface area (Å²) in [7, 11) is 0. The van der Waals surface area contributed by atoms with Crippen LogP contribution >= 0.6 is 0 Å². The van der Waals surface area contributed by atoms with Gasteiger partial charge in [0.1, 0.15) is 0 Å². The van der Waals surface area contributed by atoms with Gasteiger partial charge in [-0.2, -0.15) is 5.26 Å². The Hall–Kier alpha value is -0.590. The highest BCUT2D eigenvalue weighted by molar-refractivity contribution is 5.01. The molecule has 1 aliphatic carbocycles. The van der Waals surface area contributed by atoms with Crippen LogP contribution in [0.2, 0.25) is 0 Å². The van der Waals surface area contributed by atoms with Crippen LogP contribution < -0.4 is 0 Å². The van der Waals surface area contributed by atoms with Gasteiger partial charge in [0.2, 0.25) is 0 Å². The van der Waals surface area contributed by atoms with Gasteiger partial charge in [-0.05, 0) is 31.6 Å². The van der Waals surface area contributed by atoms with E-state index in [2.05, 4.69) is 17.9 Å². The van der Waals surface area contributed by atoms with Gasteiger partial charge in [-0.1, -0.05) is 0 Å². The Morgan fingerprint density at radius 1 is 1.53 bits per heavy atom. The van der Waals surface area contributed by atoms with Crippen molar-refractivity contribution in [1.29, 1.82) is 5.26 Å². The first-order chi connectivity index (χ1) is 7.24. The molecule has 1 saturated heterocycles. The minimum absolute atomic E-state index is 0.346. The second-order valence-corrected chi connectivity index (χ2v) is 5.10. The van der Waals surface area contributed by atoms with E-state index in [1.54, 1.807) is 0 Å². The second-order valence-electron chi connectivity index (χ2n) is 5.10. The lowest BCUT2D eigenvalue weighted by Gasteiger charge is -2.25. The summed E-state index contributed by atoms with van der Waals surface area (Å²) in [6.07, 6.45) is 4.70. The normalized spacial score (nSPS) is 30.5. The van der Waals surface area contributed by atoms with E-state index >= 15 is 0 Å². The van der Waals surface area contributed by atoms with Gasteiger partial charge in [0.25, 0.3) is 0 Å². The van der Waals surface area contributed by atoms with Gasteiger partial charge in [-0.25, -0.2) is 0 Å². The summed E-state index contributed by atoms with van der Waals surface area (Å²) >= 11 is 0. The van der Waals surface area contributed by atoms with E-state index in [1.165, 1.54) is 12.8 Å². The molecule has 1 atom stereocenters. The molecular weight excluding hydrogens is 188 g/mol. The zero-order chi connectivity index (χ0) is 10.7. The summed E-state index contributed by atoms with van der Waals surface area (Å²) in [5.41, 5.74) is 0.346. The summed E-state index contributed by atoms with van der Waals surface area (Å²) in [6.45, 7) is 6.31. The molecule has 0 aromatic carbocycles. The third kappa shape index (κ3) is 2.93. The number of hydrogen-bond acceptors (Lipinski definition) is 3. The van der Waals surface area contributed by atoms with Crippen molar-refractivity contribution in [3.8, 4) is 6.07 Å². The molecule has 84 valence electrons. The topological polar surface area (TPSA) is 36.3 Å². The van der Waals surface area contributed by atoms with Crippen LogP contribution in [-0.4, -0.2) is 37.2 Å². The zero-order valence-electron chi connectivity index (χ0n) is 9.54. The lowest BCUT2D eigenvalue weighted by molar-refractivity contribution is 0.0648. The highest BCUT2D eigenvalue weighted by atomic mass is 16.5. The molecule has 2 rings (SSSR count). The Morgan fingerprint density at radius 3 is 3.00 bits per heavy atom. The maximum Gasteiger partial charge on any atom is 0.0673 e. The van der Waals surface area contributed by atoms with Gasteiger partial charge >= 0.3 is 0 Å². The molecule has 2 fully saturated rings. The number of rotatable bonds is 3. The van der Waals surface area contributed by atoms with E-state index in [0.29, 0.717) is 11.5 Å². The molecule has 15 heavy (non-hydrogen) atoms. The van der Waals surface area contributed by atoms with E-state index in [-0.39, 0.29) is 0 Å². The van der Waals surface area contributed by atoms with Crippen molar-refractivity contribution in [2.24, 2.45) is 5.41 Å². The summed E-state index contributed by atoms with van der Waals surface area (Å²) in [5.74, 6) is 0. The molecule has 0 spiro atoms. The Balaban J connectivity index is 1.85. The SMILES string of the molecule is CC1CN(CC2(CC#N)CC2)CCCO1. The number of nitriles is 1. The molecule has 3 heteroatoms. The van der Waals surface area contributed by atoms with E-state index < -0.39 is 0 Å². The summed E-state index contributed by atoms with van der Waals surface area (Å²) < 4.78 is 5.62. The van der Waals surface area contributed by atoms with Crippen LogP contribution in [-0.2, 0) is 4.74 Å². The van der Waals surface area contributed by atoms with Crippen molar-refractivity contribution in [2.45, 2.75) is 38.7 Å². The standard InChI is InChI=1S/C12H20N2O/c1-11-9-14(7-2-8-15-11)10-12(3-4-12)5-6-13/h11H,2-5,7-10H2,1H3. The average molecular weight is 208 g/mol. The quantitative estimate of drug-likeness (QED) is 0.709. The smallest absolute Gasteiger partial charge is 0.0673 e. The van der Waals surface area contributed by atoms with Crippen LogP contribution in [0.4, 0.5) is 0 Å². The lowest BCUT2D eigenvalue weighted by Crippen LogP contribution is -2.35. The average Bonchev–Trinajstić information content (AvgIpc) is 2.94. The van der Waals surface area contributed by atoms with Gasteiger partial charge in [0, 0.05) is 32.7 Å². The van der Waals surface area contributed by atoms with E-state index in [4.69, 9.17) is 10.00 Å². The third-order valence-electron chi connectivity index (χ3n) is 3.51. The van der Waals surface area contributed by atoms with Crippen LogP contribution in [0.3, 0.4) is 0 Å². The Labute approximate surface area is 92.0 Å². The van der Waals surface area contributed by atoms with Crippen LogP contribution in [0.15, 0.2) is 0 Å². The summed E-state index contributed by atoms with van der Waals surface area (Å²) in [5, 5.41) is 8.79. The molecular formula is C12H20N2O. The molecule has 3 nitrogen and oxygen atoms in total. The van der Waals surface area contributed by atoms with Crippen molar-refractivity contribution >= 4 is 0 Å². The molecule has 1 aliphatic heterocycles. The molecule has 2 aliphatic rings. The largest absolute Gasteiger partial charge is 0.377 e. The predicted molar refractivity (Wildman–Crippen MR) is 58.4 cm³/mol. The van der Waals surface area contributed by atoms with Crippen molar-refractivity contribution in [2.75, 3.05) is 26.2 Å². The van der Waals surface area contributed by atoms with Crippen molar-refractivity contribution in [3.05, 3.63) is 0 Å². The maximum atomic E-state index is 8.79. The van der Waals surface area contributed by atoms with Crippen molar-refractivity contribution in [3.63, 3.8) is 0 Å². The summed E-state index contributed by atoms with van der Waals surface area (Å²) in [4.78, 5) is 2.49. The maximum absolute atomic E-state index is 8.79. The first kappa shape index (κ1) is 10.9. The van der Waals surface area contributed by atoms with Gasteiger partial charge in [0.15, 0.2) is 0 Å². The van der Waals surface area contributed by atoms with Gasteiger partial charge in [-0.3, -0.25) is 0 Å². The molecule has 0 N–H and O–H groups in total. The fourth-order valence-electron chi connectivity index (χ4n) is 2.43. The Bertz CT molecular complexity index is 255. The van der Waals surface area contributed by atoms with Gasteiger partial charge < -0.3 is 9.64 Å². The first-order valence-electron chi connectivity index (χ1n) is 5.95. The predicted octanol–water partition coefficient (Wildman–Crippen LogP) is 1.79. The third-order valence-corrected chi connectivity index (χ3v) is 3.51. The fraction of sp³-hybridized carbons (Fsp3) is 0.917. The molecule has 0 radical (unpaired) electrons. The first-order valence-corrected chi connectivity index (χ1v) is 5.95. The Morgan fingerprint density at radius 2 is 2.33 bits per heavy atom. The van der Waals surface area contributed by atoms with Crippen LogP contribution in [0.1, 0.15) is 32.6 Å². The number of hydrogen-bond donors (Lipinski definition) is 0. The molecule has 0 bridgehead atoms. The molecule has 1 unspecified atom stereocenters. The van der Waals surface area contributed by atoms with Crippen LogP contribution in [0.25, 0.3) is 0 Å². The van der Waals surface area contributed by atoms with E-state index in [1.807, 2.05) is 0 Å². The minimum atomic E-state index is 0.346. The Kier molecular flexibility index (Phi) is 3.28. The fourth-order valence-corrected chi connectivity index (χ4v) is 2.43. The molecule has 1 saturated carbocycles. The van der Waals surface area contributed by atoms with Gasteiger partial charge in [0.05, 0.1) is 12.2 Å². The van der Waals surface area contributed by atoms with Crippen molar-refractivity contribution < 1.29 is 4.74 Å². The second kappa shape index (κ2) is 4.51. The van der Waals surface area contributed by atoms with Crippen LogP contribution in [0.5, 0.6) is 0 Å². The van der Waals surface area contributed by atoms with E-state index in [0.717, 1.165) is 39.1 Å². The monoisotopic (exact) mass is 208 g/mol. The highest BCUT2D eigenvalue weighted by Gasteiger charge is 2.43. The number of ether oxygens (including phenoxy) is 1. The molecule has 0 aromatic rings. The lowest BCUT2D eigenvalue weighted by atomic mass is 10.0. The molecule has 0 aromatic heterocycles. The zero-order valence-corrected chi connectivity index (χ0v) is 9.54.